The van der Waals surface area contributed by atoms with Crippen molar-refractivity contribution in [3.8, 4) is 0 Å². The van der Waals surface area contributed by atoms with E-state index >= 15 is 0 Å². The Morgan fingerprint density at radius 3 is 2.63 bits per heavy atom. The van der Waals surface area contributed by atoms with Gasteiger partial charge in [-0.3, -0.25) is 4.79 Å². The molecule has 0 aromatic carbocycles. The van der Waals surface area contributed by atoms with Gasteiger partial charge in [-0.25, -0.2) is 4.98 Å². The third-order valence-corrected chi connectivity index (χ3v) is 6.71. The summed E-state index contributed by atoms with van der Waals surface area (Å²) >= 11 is 3.70. The van der Waals surface area contributed by atoms with Gasteiger partial charge in [-0.2, -0.15) is 11.8 Å². The molecule has 0 saturated heterocycles. The molecule has 0 bridgehead atoms. The number of nitrogens with zero attached hydrogens (tertiary/aromatic N) is 1. The molecule has 0 N–H and O–H groups in total. The first kappa shape index (κ1) is 13.6. The van der Waals surface area contributed by atoms with Gasteiger partial charge in [-0.15, -0.1) is 11.3 Å². The molecule has 0 spiro atoms. The number of ketones is 1. The lowest BCUT2D eigenvalue weighted by molar-refractivity contribution is 0.102. The van der Waals surface area contributed by atoms with E-state index in [1.165, 1.54) is 50.0 Å². The van der Waals surface area contributed by atoms with Gasteiger partial charge in [-0.05, 0) is 25.7 Å². The van der Waals surface area contributed by atoms with E-state index in [4.69, 9.17) is 4.98 Å². The minimum absolute atomic E-state index is 0.202. The van der Waals surface area contributed by atoms with Gasteiger partial charge >= 0.3 is 0 Å². The first-order chi connectivity index (χ1) is 9.24. The normalized spacial score (nSPS) is 20.7. The number of thioether (sulfide) groups is 1. The summed E-state index contributed by atoms with van der Waals surface area (Å²) in [7, 11) is 0. The first-order valence-electron chi connectivity index (χ1n) is 7.36. The van der Waals surface area contributed by atoms with Crippen molar-refractivity contribution in [3.05, 3.63) is 15.6 Å². The Labute approximate surface area is 123 Å². The maximum absolute atomic E-state index is 11.7. The highest BCUT2D eigenvalue weighted by Gasteiger charge is 2.31. The summed E-state index contributed by atoms with van der Waals surface area (Å²) in [5, 5.41) is 1.99. The molecule has 2 saturated carbocycles. The molecule has 4 heteroatoms. The molecule has 0 atom stereocenters. The first-order valence-corrected chi connectivity index (χ1v) is 9.22. The van der Waals surface area contributed by atoms with E-state index in [0.717, 1.165) is 21.6 Å². The van der Waals surface area contributed by atoms with Gasteiger partial charge in [0.2, 0.25) is 0 Å². The highest BCUT2D eigenvalue weighted by Crippen LogP contribution is 2.43. The van der Waals surface area contributed by atoms with Crippen molar-refractivity contribution in [3.63, 3.8) is 0 Å². The minimum atomic E-state index is 0.202. The van der Waals surface area contributed by atoms with Crippen LogP contribution in [0.4, 0.5) is 0 Å². The number of carbonyl (C=O) groups is 1. The van der Waals surface area contributed by atoms with Gasteiger partial charge in [0.25, 0.3) is 0 Å². The molecule has 104 valence electrons. The van der Waals surface area contributed by atoms with Crippen molar-refractivity contribution in [1.29, 1.82) is 0 Å². The van der Waals surface area contributed by atoms with Gasteiger partial charge in [0, 0.05) is 23.8 Å². The molecule has 2 nitrogen and oxygen atoms in total. The average Bonchev–Trinajstić information content (AvgIpc) is 3.17. The molecule has 1 heterocycles. The number of carbonyl (C=O) groups excluding carboxylic acids is 1. The smallest absolute Gasteiger partial charge is 0.171 e. The van der Waals surface area contributed by atoms with Crippen LogP contribution in [-0.2, 0) is 5.75 Å². The lowest BCUT2D eigenvalue weighted by Gasteiger charge is -2.20. The van der Waals surface area contributed by atoms with E-state index in [1.54, 1.807) is 18.3 Å². The zero-order chi connectivity index (χ0) is 13.2. The fraction of sp³-hybridized carbons (Fsp3) is 0.733. The molecule has 2 fully saturated rings. The van der Waals surface area contributed by atoms with Gasteiger partial charge in [0.15, 0.2) is 5.78 Å². The minimum Gasteiger partial charge on any atom is -0.294 e. The molecule has 2 aliphatic rings. The molecule has 0 unspecified atom stereocenters. The summed E-state index contributed by atoms with van der Waals surface area (Å²) in [5.74, 6) is 1.79. The third-order valence-electron chi connectivity index (χ3n) is 3.98. The fourth-order valence-electron chi connectivity index (χ4n) is 2.75. The molecular formula is C15H21NOS2. The molecule has 3 rings (SSSR count). The van der Waals surface area contributed by atoms with Crippen molar-refractivity contribution >= 4 is 28.9 Å². The number of Topliss-reactive ketones (excluding diaryl/α,β-unsaturated/α-hetero) is 1. The zero-order valence-electron chi connectivity index (χ0n) is 11.5. The summed E-state index contributed by atoms with van der Waals surface area (Å²) in [6.45, 7) is 1.68. The molecular weight excluding hydrogens is 274 g/mol. The molecule has 0 amide bonds. The predicted octanol–water partition coefficient (Wildman–Crippen LogP) is 4.79. The van der Waals surface area contributed by atoms with Crippen molar-refractivity contribution in [2.75, 3.05) is 0 Å². The Bertz CT molecular complexity index is 459. The second-order valence-corrected chi connectivity index (χ2v) is 8.10. The summed E-state index contributed by atoms with van der Waals surface area (Å²) < 4.78 is 0. The second kappa shape index (κ2) is 5.96. The van der Waals surface area contributed by atoms with Crippen molar-refractivity contribution in [2.45, 2.75) is 68.8 Å². The summed E-state index contributed by atoms with van der Waals surface area (Å²) in [6.07, 6.45) is 9.37. The van der Waals surface area contributed by atoms with E-state index in [-0.39, 0.29) is 5.78 Å². The summed E-state index contributed by atoms with van der Waals surface area (Å²) in [6, 6.07) is 0. The van der Waals surface area contributed by atoms with E-state index in [9.17, 15) is 4.79 Å². The maximum Gasteiger partial charge on any atom is 0.171 e. The van der Waals surface area contributed by atoms with Crippen molar-refractivity contribution in [1.82, 2.24) is 4.98 Å². The summed E-state index contributed by atoms with van der Waals surface area (Å²) in [5.41, 5.74) is 1.11. The standard InChI is InChI=1S/C15H21NOS2/c1-10(17)15-14(11-7-8-11)16-13(19-15)9-18-12-5-3-2-4-6-12/h11-12H,2-9H2,1H3. The Hall–Kier alpha value is -0.350. The number of hydrogen-bond acceptors (Lipinski definition) is 4. The van der Waals surface area contributed by atoms with Crippen LogP contribution >= 0.6 is 23.1 Å². The molecule has 1 aromatic rings. The van der Waals surface area contributed by atoms with Crippen LogP contribution in [0.25, 0.3) is 0 Å². The number of rotatable bonds is 5. The van der Waals surface area contributed by atoms with Gasteiger partial charge in [0.05, 0.1) is 10.6 Å². The Morgan fingerprint density at radius 1 is 1.26 bits per heavy atom. The van der Waals surface area contributed by atoms with Gasteiger partial charge in [0.1, 0.15) is 5.01 Å². The lowest BCUT2D eigenvalue weighted by Crippen LogP contribution is -2.08. The van der Waals surface area contributed by atoms with E-state index in [2.05, 4.69) is 11.8 Å². The topological polar surface area (TPSA) is 30.0 Å². The molecule has 2 aliphatic carbocycles. The van der Waals surface area contributed by atoms with Crippen LogP contribution in [0.1, 0.15) is 78.2 Å². The monoisotopic (exact) mass is 295 g/mol. The Balaban J connectivity index is 1.63. The highest BCUT2D eigenvalue weighted by atomic mass is 32.2. The predicted molar refractivity (Wildman–Crippen MR) is 82.3 cm³/mol. The van der Waals surface area contributed by atoms with Crippen LogP contribution in [0, 0.1) is 0 Å². The Morgan fingerprint density at radius 2 is 2.00 bits per heavy atom. The molecule has 1 aromatic heterocycles. The summed E-state index contributed by atoms with van der Waals surface area (Å²) in [4.78, 5) is 17.4. The number of thiazole rings is 1. The van der Waals surface area contributed by atoms with E-state index in [1.807, 2.05) is 0 Å². The van der Waals surface area contributed by atoms with Crippen LogP contribution in [0.15, 0.2) is 0 Å². The van der Waals surface area contributed by atoms with Crippen LogP contribution < -0.4 is 0 Å². The number of hydrogen-bond donors (Lipinski definition) is 0. The average molecular weight is 295 g/mol. The largest absolute Gasteiger partial charge is 0.294 e. The van der Waals surface area contributed by atoms with Crippen LogP contribution in [0.5, 0.6) is 0 Å². The van der Waals surface area contributed by atoms with Crippen molar-refractivity contribution in [2.24, 2.45) is 0 Å². The maximum atomic E-state index is 11.7. The van der Waals surface area contributed by atoms with E-state index < -0.39 is 0 Å². The van der Waals surface area contributed by atoms with Gasteiger partial charge < -0.3 is 0 Å². The molecule has 0 aliphatic heterocycles. The highest BCUT2D eigenvalue weighted by molar-refractivity contribution is 7.99. The number of aromatic nitrogens is 1. The molecule has 19 heavy (non-hydrogen) atoms. The quantitative estimate of drug-likeness (QED) is 0.732. The van der Waals surface area contributed by atoms with Gasteiger partial charge in [-0.1, -0.05) is 19.3 Å². The lowest BCUT2D eigenvalue weighted by atomic mass is 10.0. The third kappa shape index (κ3) is 3.40. The van der Waals surface area contributed by atoms with Crippen molar-refractivity contribution < 1.29 is 4.79 Å². The van der Waals surface area contributed by atoms with Crippen LogP contribution in [0.3, 0.4) is 0 Å². The Kier molecular flexibility index (Phi) is 4.27. The fourth-order valence-corrected chi connectivity index (χ4v) is 5.14. The second-order valence-electron chi connectivity index (χ2n) is 5.72. The SMILES string of the molecule is CC(=O)c1sc(CSC2CCCCC2)nc1C1CC1. The molecule has 0 radical (unpaired) electrons. The van der Waals surface area contributed by atoms with E-state index in [0.29, 0.717) is 5.92 Å². The van der Waals surface area contributed by atoms with Crippen LogP contribution in [0.2, 0.25) is 0 Å². The van der Waals surface area contributed by atoms with Crippen LogP contribution in [-0.4, -0.2) is 16.0 Å². The zero-order valence-corrected chi connectivity index (χ0v) is 13.1.